The van der Waals surface area contributed by atoms with E-state index in [0.717, 1.165) is 104 Å². The first-order chi connectivity index (χ1) is 68.1. The van der Waals surface area contributed by atoms with Gasteiger partial charge in [0.15, 0.2) is 0 Å². The van der Waals surface area contributed by atoms with Gasteiger partial charge in [-0.15, -0.1) is 0 Å². The third-order valence-electron chi connectivity index (χ3n) is 25.0. The molecule has 800 valence electrons. The number of hydrogen-bond acceptors (Lipinski definition) is 15. The fourth-order valence-electron chi connectivity index (χ4n) is 15.7. The Morgan fingerprint density at radius 1 is 0.390 bits per heavy atom. The highest BCUT2D eigenvalue weighted by molar-refractivity contribution is 5.98. The molecule has 5 atom stereocenters. The monoisotopic (exact) mass is 2030 g/mol. The summed E-state index contributed by atoms with van der Waals surface area (Å²) in [6, 6.07) is 62.4. The predicted molar refractivity (Wildman–Crippen MR) is 580 cm³/mol. The number of ether oxygens (including phenoxy) is 5. The van der Waals surface area contributed by atoms with Crippen LogP contribution in [0.25, 0.3) is 0 Å². The van der Waals surface area contributed by atoms with Gasteiger partial charge >= 0.3 is 6.18 Å². The number of carbonyl (C=O) groups excluding carboxylic acids is 8. The summed E-state index contributed by atoms with van der Waals surface area (Å²) in [4.78, 5) is 98.6. The molecule has 6 fully saturated rings. The molecule has 0 spiro atoms. The number of methoxy groups -OCH3 is 1. The van der Waals surface area contributed by atoms with Crippen LogP contribution in [-0.2, 0) is 99.9 Å². The van der Waals surface area contributed by atoms with E-state index < -0.39 is 36.3 Å². The molecule has 14 rings (SSSR count). The number of nitrogens with zero attached hydrogens (tertiary/aromatic N) is 2. The molecule has 23 nitrogen and oxygen atoms in total. The zero-order valence-corrected chi connectivity index (χ0v) is 91.1. The van der Waals surface area contributed by atoms with E-state index in [9.17, 15) is 60.3 Å². The Morgan fingerprint density at radius 2 is 0.733 bits per heavy atom. The average molecular weight is 2030 g/mol. The van der Waals surface area contributed by atoms with Crippen LogP contribution in [-0.4, -0.2) is 174 Å². The number of anilines is 8. The number of benzene rings is 8. The van der Waals surface area contributed by atoms with E-state index >= 15 is 0 Å². The van der Waals surface area contributed by atoms with Crippen LogP contribution in [0, 0.1) is 11.8 Å². The standard InChI is InChI=1S/C16H24N2O2.C16H24N2O.3C15H21NO2.C14H17F2NO.C14H21NO2.C13H16F3NO/c1-16(2,3)12-6-5-7-13(10-12)17-15(19)14-11-18(4)8-9-20-14;1-16(2,3)13-7-6-8-14(11-13)17-15(19)12-18-9-4-5-10-18;1-15(2,3)11-6-4-7-12(10-11)16-14(17)13-8-5-9-18-13;1-15(2,3)12-5-4-6-13(9-12)16-14(17)11-7-8-18-10-11;1-11(2)12-5-3-6-13(9-12)16-15(17)10-14-7-4-8-18-14;1-13(2,3)9-5-4-6-10(7-9)17-12(18)11-8-14(11,15)16;1-14(2,3)11-6-5-7-12(10-11)15-13(16)8-9-17-4;1-12(2,3)9-5-4-6-10(7-9)17-11(18)8-13(14,15)16/h5-7,10,14H,8-9,11H2,1-4H3,(H,17,19);6-8,11H,4-5,9-10,12H2,1-3H3,(H,17,19);4,6-7,10,13H,5,8-9H2,1-3H3,(H,16,17);4-6,9,11H,7-8,10H2,1-3H3,(H,16,17);3,5-6,9,11,14H,4,7-8,10H2,1-2H3,(H,16,17);4-7,11H,8H2,1-3H3,(H,17,18);5-7,10H,8-9H2,1-4H3,(H,15,16);4-7H,8H2,1-3H3,(H,17,18). The highest BCUT2D eigenvalue weighted by Gasteiger charge is 2.61. The van der Waals surface area contributed by atoms with E-state index in [1.54, 1.807) is 31.4 Å². The van der Waals surface area contributed by atoms with E-state index in [4.69, 9.17) is 23.7 Å². The molecule has 28 heteroatoms. The van der Waals surface area contributed by atoms with Crippen molar-refractivity contribution in [3.63, 3.8) is 0 Å². The fraction of sp³-hybridized carbons (Fsp3) is 0.525. The van der Waals surface area contributed by atoms with Crippen molar-refractivity contribution in [2.75, 3.05) is 129 Å². The number of likely N-dealkylation sites (N-methyl/N-ethyl adjacent to an activating group) is 1. The van der Waals surface area contributed by atoms with Gasteiger partial charge in [-0.1, -0.05) is 256 Å². The SMILES string of the molecule is CC(C)(C)c1cccc(NC(=O)C2CC2(F)F)c1.CC(C)(C)c1cccc(NC(=O)C2CCCO2)c1.CC(C)(C)c1cccc(NC(=O)C2CCOC2)c1.CC(C)(C)c1cccc(NC(=O)CC(F)(F)F)c1.CC(C)(C)c1cccc(NC(=O)CN2CCCC2)c1.CC(C)c1cccc(NC(=O)CC2CCCO2)c1.CN1CCOC(C(=O)Nc2cccc(C(C)(C)C)c2)C1.COCCC(=O)Nc1cccc(C(C)(C)C)c1. The number of amides is 8. The molecule has 8 N–H and O–H groups in total. The van der Waals surface area contributed by atoms with Gasteiger partial charge < -0.3 is 71.1 Å². The van der Waals surface area contributed by atoms with Gasteiger partial charge in [-0.3, -0.25) is 43.3 Å². The summed E-state index contributed by atoms with van der Waals surface area (Å²) in [6.07, 6.45) is 1.14. The largest absolute Gasteiger partial charge is 0.397 e. The van der Waals surface area contributed by atoms with Crippen LogP contribution in [0.2, 0.25) is 0 Å². The van der Waals surface area contributed by atoms with Crippen LogP contribution in [0.5, 0.6) is 0 Å². The molecular weight excluding hydrogens is 1860 g/mol. The molecular formula is C118H165F5N10O13. The molecule has 0 aromatic heterocycles. The van der Waals surface area contributed by atoms with Gasteiger partial charge in [0, 0.05) is 91.9 Å². The Morgan fingerprint density at radius 3 is 1.08 bits per heavy atom. The quantitative estimate of drug-likeness (QED) is 0.0310. The van der Waals surface area contributed by atoms with Gasteiger partial charge in [0.05, 0.1) is 51.2 Å². The third-order valence-corrected chi connectivity index (χ3v) is 25.0. The predicted octanol–water partition coefficient (Wildman–Crippen LogP) is 25.1. The van der Waals surface area contributed by atoms with Gasteiger partial charge in [0.2, 0.25) is 35.4 Å². The van der Waals surface area contributed by atoms with E-state index in [0.29, 0.717) is 76.3 Å². The van der Waals surface area contributed by atoms with Crippen molar-refractivity contribution in [1.29, 1.82) is 0 Å². The van der Waals surface area contributed by atoms with Gasteiger partial charge in [0.1, 0.15) is 24.5 Å². The van der Waals surface area contributed by atoms with Crippen molar-refractivity contribution in [3.8, 4) is 0 Å². The summed E-state index contributed by atoms with van der Waals surface area (Å²) < 4.78 is 88.0. The smallest absolute Gasteiger partial charge is 0.384 e. The number of morpholine rings is 1. The third kappa shape index (κ3) is 44.9. The Balaban J connectivity index is 0.000000226. The Bertz CT molecular complexity index is 5310. The number of alkyl halides is 5. The molecule has 5 saturated heterocycles. The van der Waals surface area contributed by atoms with E-state index in [1.807, 2.05) is 155 Å². The maximum absolute atomic E-state index is 12.8. The molecule has 0 radical (unpaired) electrons. The minimum Gasteiger partial charge on any atom is -0.384 e. The Labute approximate surface area is 865 Å². The minimum atomic E-state index is -4.48. The molecule has 5 aliphatic heterocycles. The lowest BCUT2D eigenvalue weighted by Gasteiger charge is -2.29. The van der Waals surface area contributed by atoms with Crippen LogP contribution in [0.4, 0.5) is 67.5 Å². The second-order valence-corrected chi connectivity index (χ2v) is 45.8. The Hall–Kier alpha value is -11.1. The topological polar surface area (TPSA) is 285 Å². The second-order valence-electron chi connectivity index (χ2n) is 45.8. The summed E-state index contributed by atoms with van der Waals surface area (Å²) in [7, 11) is 3.59. The van der Waals surface area contributed by atoms with Crippen LogP contribution >= 0.6 is 0 Å². The van der Waals surface area contributed by atoms with Gasteiger partial charge in [0.25, 0.3) is 17.7 Å². The lowest BCUT2D eigenvalue weighted by Crippen LogP contribution is -2.46. The molecule has 0 bridgehead atoms. The summed E-state index contributed by atoms with van der Waals surface area (Å²) >= 11 is 0. The van der Waals surface area contributed by atoms with Crippen molar-refractivity contribution in [3.05, 3.63) is 239 Å². The number of likely N-dealkylation sites (tertiary alicyclic amines) is 1. The van der Waals surface area contributed by atoms with Crippen LogP contribution < -0.4 is 42.5 Å². The van der Waals surface area contributed by atoms with E-state index in [-0.39, 0.29) is 104 Å². The Kier molecular flexibility index (Phi) is 46.5. The molecule has 8 amide bonds. The summed E-state index contributed by atoms with van der Waals surface area (Å²) in [5.74, 6) is -5.04. The van der Waals surface area contributed by atoms with Crippen molar-refractivity contribution in [2.24, 2.45) is 11.8 Å². The molecule has 8 aromatic carbocycles. The number of rotatable bonds is 21. The molecule has 8 aromatic rings. The minimum absolute atomic E-state index is 0.00305. The lowest BCUT2D eigenvalue weighted by molar-refractivity contribution is -0.150. The maximum atomic E-state index is 12.8. The summed E-state index contributed by atoms with van der Waals surface area (Å²) in [6.45, 7) is 56.8. The van der Waals surface area contributed by atoms with Crippen LogP contribution in [0.15, 0.2) is 194 Å². The number of nitrogens with one attached hydrogen (secondary N) is 8. The molecule has 5 unspecified atom stereocenters. The zero-order valence-electron chi connectivity index (χ0n) is 91.1. The highest BCUT2D eigenvalue weighted by Crippen LogP contribution is 2.49. The number of hydrogen-bond donors (Lipinski definition) is 8. The second kappa shape index (κ2) is 55.8. The normalized spacial score (nSPS) is 17.7. The summed E-state index contributed by atoms with van der Waals surface area (Å²) in [5.41, 5.74) is 15.8. The van der Waals surface area contributed by atoms with E-state index in [2.05, 4.69) is 233 Å². The number of carbonyl (C=O) groups is 8. The van der Waals surface area contributed by atoms with Crippen molar-refractivity contribution >= 4 is 92.8 Å². The zero-order chi connectivity index (χ0) is 108. The van der Waals surface area contributed by atoms with Crippen LogP contribution in [0.3, 0.4) is 0 Å². The summed E-state index contributed by atoms with van der Waals surface area (Å²) in [5, 5.41) is 22.5. The van der Waals surface area contributed by atoms with Gasteiger partial charge in [-0.05, 0) is 250 Å². The maximum Gasteiger partial charge on any atom is 0.397 e. The van der Waals surface area contributed by atoms with Gasteiger partial charge in [-0.25, -0.2) is 8.78 Å². The van der Waals surface area contributed by atoms with Gasteiger partial charge in [-0.2, -0.15) is 13.2 Å². The molecule has 1 aliphatic carbocycles. The first kappa shape index (κ1) is 122. The molecule has 1 saturated carbocycles. The van der Waals surface area contributed by atoms with Crippen molar-refractivity contribution in [2.45, 2.75) is 304 Å². The van der Waals surface area contributed by atoms with Crippen molar-refractivity contribution in [1.82, 2.24) is 9.80 Å². The first-order valence-electron chi connectivity index (χ1n) is 51.1. The van der Waals surface area contributed by atoms with Crippen LogP contribution in [0.1, 0.15) is 280 Å². The average Bonchev–Trinajstić information content (AvgIpc) is 1.62. The molecule has 5 heterocycles. The van der Waals surface area contributed by atoms with Crippen molar-refractivity contribution < 1.29 is 84.0 Å². The number of halogens is 5. The first-order valence-corrected chi connectivity index (χ1v) is 51.1. The highest BCUT2D eigenvalue weighted by atomic mass is 19.4. The molecule has 146 heavy (non-hydrogen) atoms. The lowest BCUT2D eigenvalue weighted by atomic mass is 9.87. The van der Waals surface area contributed by atoms with E-state index in [1.165, 1.54) is 46.2 Å². The molecule has 6 aliphatic rings. The fourth-order valence-corrected chi connectivity index (χ4v) is 15.7.